The maximum Gasteiger partial charge on any atom is 0.154 e. The van der Waals surface area contributed by atoms with Crippen LogP contribution in [0.2, 0.25) is 0 Å². The third-order valence-electron chi connectivity index (χ3n) is 3.26. The van der Waals surface area contributed by atoms with Crippen LogP contribution in [-0.4, -0.2) is 32.5 Å². The minimum Gasteiger partial charge on any atom is -0.398 e. The fraction of sp³-hybridized carbons (Fsp3) is 0.500. The van der Waals surface area contributed by atoms with Gasteiger partial charge in [-0.3, -0.25) is 0 Å². The molecule has 0 amide bonds. The van der Waals surface area contributed by atoms with Crippen LogP contribution >= 0.6 is 0 Å². The van der Waals surface area contributed by atoms with Crippen molar-refractivity contribution in [2.45, 2.75) is 19.9 Å². The van der Waals surface area contributed by atoms with E-state index in [4.69, 9.17) is 5.73 Å². The number of nitrogens with two attached hydrogens (primary N) is 1. The SMILES string of the molecule is Cc1ccc(N2CCS(=O)(=O)CC2C)cc1N. The van der Waals surface area contributed by atoms with E-state index in [1.165, 1.54) is 0 Å². The quantitative estimate of drug-likeness (QED) is 0.765. The Balaban J connectivity index is 2.26. The number of hydrogen-bond donors (Lipinski definition) is 1. The van der Waals surface area contributed by atoms with Gasteiger partial charge in [0.15, 0.2) is 9.84 Å². The first-order valence-corrected chi connectivity index (χ1v) is 7.54. The van der Waals surface area contributed by atoms with Crippen LogP contribution in [0, 0.1) is 6.92 Å². The Hall–Kier alpha value is -1.23. The van der Waals surface area contributed by atoms with E-state index in [0.29, 0.717) is 6.54 Å². The molecule has 0 saturated carbocycles. The molecule has 5 heteroatoms. The van der Waals surface area contributed by atoms with Gasteiger partial charge in [0.1, 0.15) is 0 Å². The molecule has 0 spiro atoms. The summed E-state index contributed by atoms with van der Waals surface area (Å²) in [6.45, 7) is 4.45. The normalized spacial score (nSPS) is 23.6. The van der Waals surface area contributed by atoms with Gasteiger partial charge in [0.25, 0.3) is 0 Å². The predicted molar refractivity (Wildman–Crippen MR) is 71.1 cm³/mol. The lowest BCUT2D eigenvalue weighted by Crippen LogP contribution is -2.47. The summed E-state index contributed by atoms with van der Waals surface area (Å²) in [5.41, 5.74) is 8.69. The molecule has 0 radical (unpaired) electrons. The number of benzene rings is 1. The van der Waals surface area contributed by atoms with Crippen molar-refractivity contribution in [3.8, 4) is 0 Å². The Morgan fingerprint density at radius 3 is 2.71 bits per heavy atom. The van der Waals surface area contributed by atoms with Crippen molar-refractivity contribution >= 4 is 21.2 Å². The average molecular weight is 254 g/mol. The fourth-order valence-electron chi connectivity index (χ4n) is 2.19. The topological polar surface area (TPSA) is 63.4 Å². The van der Waals surface area contributed by atoms with E-state index >= 15 is 0 Å². The lowest BCUT2D eigenvalue weighted by Gasteiger charge is -2.35. The summed E-state index contributed by atoms with van der Waals surface area (Å²) < 4.78 is 23.0. The second-order valence-electron chi connectivity index (χ2n) is 4.70. The summed E-state index contributed by atoms with van der Waals surface area (Å²) in [6.07, 6.45) is 0. The van der Waals surface area contributed by atoms with Crippen LogP contribution in [0.15, 0.2) is 18.2 Å². The van der Waals surface area contributed by atoms with Crippen molar-refractivity contribution in [2.75, 3.05) is 28.7 Å². The van der Waals surface area contributed by atoms with E-state index in [-0.39, 0.29) is 17.5 Å². The van der Waals surface area contributed by atoms with Gasteiger partial charge in [-0.05, 0) is 31.5 Å². The van der Waals surface area contributed by atoms with Crippen LogP contribution in [0.5, 0.6) is 0 Å². The second kappa shape index (κ2) is 4.22. The van der Waals surface area contributed by atoms with Gasteiger partial charge in [0.05, 0.1) is 11.5 Å². The smallest absolute Gasteiger partial charge is 0.154 e. The molecule has 0 bridgehead atoms. The number of anilines is 2. The molecule has 1 atom stereocenters. The van der Waals surface area contributed by atoms with Crippen LogP contribution in [0.25, 0.3) is 0 Å². The molecule has 0 aliphatic carbocycles. The Bertz CT molecular complexity index is 525. The number of nitrogen functional groups attached to an aromatic ring is 1. The molecule has 1 aromatic rings. The third-order valence-corrected chi connectivity index (χ3v) is 5.06. The van der Waals surface area contributed by atoms with Crippen molar-refractivity contribution in [3.63, 3.8) is 0 Å². The maximum atomic E-state index is 11.5. The molecular formula is C12H18N2O2S. The first kappa shape index (κ1) is 12.2. The van der Waals surface area contributed by atoms with Gasteiger partial charge in [0, 0.05) is 24.0 Å². The summed E-state index contributed by atoms with van der Waals surface area (Å²) in [6, 6.07) is 5.90. The molecule has 4 nitrogen and oxygen atoms in total. The Kier molecular flexibility index (Phi) is 3.03. The van der Waals surface area contributed by atoms with Gasteiger partial charge in [-0.15, -0.1) is 0 Å². The minimum atomic E-state index is -2.86. The van der Waals surface area contributed by atoms with Gasteiger partial charge in [-0.25, -0.2) is 8.42 Å². The highest BCUT2D eigenvalue weighted by Crippen LogP contribution is 2.25. The predicted octanol–water partition coefficient (Wildman–Crippen LogP) is 1.20. The molecule has 1 unspecified atom stereocenters. The molecule has 1 saturated heterocycles. The van der Waals surface area contributed by atoms with E-state index in [1.807, 2.05) is 32.0 Å². The lowest BCUT2D eigenvalue weighted by molar-refractivity contribution is 0.568. The zero-order valence-corrected chi connectivity index (χ0v) is 11.0. The second-order valence-corrected chi connectivity index (χ2v) is 6.93. The van der Waals surface area contributed by atoms with Crippen molar-refractivity contribution in [2.24, 2.45) is 0 Å². The first-order valence-electron chi connectivity index (χ1n) is 5.72. The average Bonchev–Trinajstić information content (AvgIpc) is 2.21. The molecule has 1 fully saturated rings. The molecule has 1 aromatic carbocycles. The van der Waals surface area contributed by atoms with E-state index in [1.54, 1.807) is 0 Å². The molecule has 17 heavy (non-hydrogen) atoms. The van der Waals surface area contributed by atoms with E-state index in [9.17, 15) is 8.42 Å². The molecule has 94 valence electrons. The van der Waals surface area contributed by atoms with Crippen LogP contribution in [-0.2, 0) is 9.84 Å². The summed E-state index contributed by atoms with van der Waals surface area (Å²) in [5.74, 6) is 0.450. The number of rotatable bonds is 1. The fourth-order valence-corrected chi connectivity index (χ4v) is 3.75. The van der Waals surface area contributed by atoms with E-state index < -0.39 is 9.84 Å². The monoisotopic (exact) mass is 254 g/mol. The molecular weight excluding hydrogens is 236 g/mol. The van der Waals surface area contributed by atoms with Crippen molar-refractivity contribution in [1.29, 1.82) is 0 Å². The third kappa shape index (κ3) is 2.54. The van der Waals surface area contributed by atoms with Crippen molar-refractivity contribution in [1.82, 2.24) is 0 Å². The molecule has 1 aliphatic rings. The lowest BCUT2D eigenvalue weighted by atomic mass is 10.1. The van der Waals surface area contributed by atoms with E-state index in [2.05, 4.69) is 4.90 Å². The first-order chi connectivity index (χ1) is 7.89. The summed E-state index contributed by atoms with van der Waals surface area (Å²) in [7, 11) is -2.86. The number of aryl methyl sites for hydroxylation is 1. The standard InChI is InChI=1S/C12H18N2O2S/c1-9-3-4-11(7-12(9)13)14-5-6-17(15,16)8-10(14)2/h3-4,7,10H,5-6,8,13H2,1-2H3. The molecule has 1 aliphatic heterocycles. The van der Waals surface area contributed by atoms with Crippen LogP contribution in [0.1, 0.15) is 12.5 Å². The van der Waals surface area contributed by atoms with Crippen LogP contribution in [0.4, 0.5) is 11.4 Å². The largest absolute Gasteiger partial charge is 0.398 e. The Morgan fingerprint density at radius 1 is 1.41 bits per heavy atom. The van der Waals surface area contributed by atoms with Crippen molar-refractivity contribution < 1.29 is 8.42 Å². The van der Waals surface area contributed by atoms with Gasteiger partial charge < -0.3 is 10.6 Å². The highest BCUT2D eigenvalue weighted by Gasteiger charge is 2.28. The van der Waals surface area contributed by atoms with Gasteiger partial charge in [0.2, 0.25) is 0 Å². The zero-order chi connectivity index (χ0) is 12.6. The Morgan fingerprint density at radius 2 is 2.12 bits per heavy atom. The molecule has 2 N–H and O–H groups in total. The van der Waals surface area contributed by atoms with Crippen molar-refractivity contribution in [3.05, 3.63) is 23.8 Å². The highest BCUT2D eigenvalue weighted by atomic mass is 32.2. The number of nitrogens with zero attached hydrogens (tertiary/aromatic N) is 1. The maximum absolute atomic E-state index is 11.5. The minimum absolute atomic E-state index is 0.0101. The molecule has 0 aromatic heterocycles. The van der Waals surface area contributed by atoms with Gasteiger partial charge in [-0.1, -0.05) is 6.07 Å². The Labute approximate surface area is 102 Å². The summed E-state index contributed by atoms with van der Waals surface area (Å²) in [4.78, 5) is 2.11. The zero-order valence-electron chi connectivity index (χ0n) is 10.2. The summed E-state index contributed by atoms with van der Waals surface area (Å²) >= 11 is 0. The number of hydrogen-bond acceptors (Lipinski definition) is 4. The van der Waals surface area contributed by atoms with Gasteiger partial charge >= 0.3 is 0 Å². The molecule has 1 heterocycles. The molecule has 2 rings (SSSR count). The summed E-state index contributed by atoms with van der Waals surface area (Å²) in [5, 5.41) is 0. The van der Waals surface area contributed by atoms with Gasteiger partial charge in [-0.2, -0.15) is 0 Å². The van der Waals surface area contributed by atoms with Crippen LogP contribution in [0.3, 0.4) is 0 Å². The number of sulfone groups is 1. The van der Waals surface area contributed by atoms with E-state index in [0.717, 1.165) is 16.9 Å². The van der Waals surface area contributed by atoms with Crippen LogP contribution < -0.4 is 10.6 Å². The highest BCUT2D eigenvalue weighted by molar-refractivity contribution is 7.91.